The molecule has 1 aromatic carbocycles. The summed E-state index contributed by atoms with van der Waals surface area (Å²) in [6, 6.07) is 12.3. The number of hydrogen-bond donors (Lipinski definition) is 1. The molecule has 1 aromatic heterocycles. The summed E-state index contributed by atoms with van der Waals surface area (Å²) in [4.78, 5) is 38.9. The Morgan fingerprint density at radius 3 is 2.28 bits per heavy atom. The Morgan fingerprint density at radius 2 is 1.64 bits per heavy atom. The van der Waals surface area contributed by atoms with E-state index in [0.29, 0.717) is 26.2 Å². The molecule has 128 valence electrons. The molecule has 0 radical (unpaired) electrons. The van der Waals surface area contributed by atoms with Gasteiger partial charge in [0.2, 0.25) is 5.91 Å². The van der Waals surface area contributed by atoms with Gasteiger partial charge in [0.25, 0.3) is 11.5 Å². The van der Waals surface area contributed by atoms with E-state index in [1.165, 1.54) is 12.1 Å². The first-order valence-corrected chi connectivity index (χ1v) is 8.00. The summed E-state index contributed by atoms with van der Waals surface area (Å²) in [7, 11) is 0. The van der Waals surface area contributed by atoms with Crippen LogP contribution in [0, 0.1) is 0 Å². The minimum Gasteiger partial charge on any atom is -0.336 e. The number of amides is 2. The Bertz CT molecular complexity index is 816. The summed E-state index contributed by atoms with van der Waals surface area (Å²) in [5.41, 5.74) is 0.814. The van der Waals surface area contributed by atoms with Crippen molar-refractivity contribution in [1.82, 2.24) is 20.0 Å². The van der Waals surface area contributed by atoms with Gasteiger partial charge in [-0.2, -0.15) is 5.10 Å². The lowest BCUT2D eigenvalue weighted by molar-refractivity contribution is -0.127. The van der Waals surface area contributed by atoms with E-state index in [2.05, 4.69) is 10.2 Å². The van der Waals surface area contributed by atoms with Crippen LogP contribution in [0.15, 0.2) is 53.3 Å². The number of H-pyrrole nitrogens is 1. The van der Waals surface area contributed by atoms with Crippen LogP contribution in [-0.4, -0.2) is 58.0 Å². The summed E-state index contributed by atoms with van der Waals surface area (Å²) in [6.07, 6.45) is 3.33. The highest BCUT2D eigenvalue weighted by molar-refractivity contribution is 5.93. The normalized spacial score (nSPS) is 14.7. The van der Waals surface area contributed by atoms with E-state index in [0.717, 1.165) is 5.56 Å². The lowest BCUT2D eigenvalue weighted by Crippen LogP contribution is -2.50. The molecule has 0 bridgehead atoms. The van der Waals surface area contributed by atoms with E-state index in [1.807, 2.05) is 30.3 Å². The van der Waals surface area contributed by atoms with Gasteiger partial charge < -0.3 is 9.80 Å². The van der Waals surface area contributed by atoms with Crippen LogP contribution in [0.4, 0.5) is 0 Å². The van der Waals surface area contributed by atoms with Crippen molar-refractivity contribution in [2.75, 3.05) is 26.2 Å². The van der Waals surface area contributed by atoms with Gasteiger partial charge in [0.1, 0.15) is 5.69 Å². The van der Waals surface area contributed by atoms with Crippen LogP contribution in [-0.2, 0) is 4.79 Å². The van der Waals surface area contributed by atoms with E-state index in [4.69, 9.17) is 0 Å². The maximum atomic E-state index is 12.3. The Morgan fingerprint density at radius 1 is 0.960 bits per heavy atom. The second-order valence-electron chi connectivity index (χ2n) is 5.67. The number of aromatic nitrogens is 2. The first-order valence-electron chi connectivity index (χ1n) is 8.00. The van der Waals surface area contributed by atoms with Gasteiger partial charge in [-0.25, -0.2) is 5.10 Å². The van der Waals surface area contributed by atoms with E-state index >= 15 is 0 Å². The van der Waals surface area contributed by atoms with Crippen molar-refractivity contribution in [3.63, 3.8) is 0 Å². The fourth-order valence-electron chi connectivity index (χ4n) is 2.59. The molecule has 0 saturated carbocycles. The zero-order chi connectivity index (χ0) is 17.6. The van der Waals surface area contributed by atoms with E-state index in [1.54, 1.807) is 22.0 Å². The van der Waals surface area contributed by atoms with Gasteiger partial charge in [-0.05, 0) is 17.7 Å². The predicted molar refractivity (Wildman–Crippen MR) is 92.8 cm³/mol. The smallest absolute Gasteiger partial charge is 0.274 e. The molecular weight excluding hydrogens is 320 g/mol. The standard InChI is InChI=1S/C18H18N4O3/c23-16-8-7-15(19-20-16)18(25)22-12-10-21(11-13-22)17(24)9-6-14-4-2-1-3-5-14/h1-9H,10-13H2,(H,20,23)/b9-6+. The fraction of sp³-hybridized carbons (Fsp3) is 0.222. The zero-order valence-electron chi connectivity index (χ0n) is 13.6. The van der Waals surface area contributed by atoms with E-state index in [9.17, 15) is 14.4 Å². The average Bonchev–Trinajstić information content (AvgIpc) is 2.67. The van der Waals surface area contributed by atoms with Gasteiger partial charge in [-0.1, -0.05) is 30.3 Å². The summed E-state index contributed by atoms with van der Waals surface area (Å²) >= 11 is 0. The highest BCUT2D eigenvalue weighted by Crippen LogP contribution is 2.08. The molecule has 0 unspecified atom stereocenters. The number of benzene rings is 1. The summed E-state index contributed by atoms with van der Waals surface area (Å²) in [6.45, 7) is 1.80. The third-order valence-corrected chi connectivity index (χ3v) is 3.99. The Balaban J connectivity index is 1.55. The summed E-state index contributed by atoms with van der Waals surface area (Å²) in [5, 5.41) is 6.00. The molecule has 0 atom stereocenters. The number of nitrogens with zero attached hydrogens (tertiary/aromatic N) is 3. The molecule has 0 aliphatic carbocycles. The van der Waals surface area contributed by atoms with Crippen molar-refractivity contribution < 1.29 is 9.59 Å². The number of aromatic amines is 1. The minimum atomic E-state index is -0.350. The molecule has 1 N–H and O–H groups in total. The number of nitrogens with one attached hydrogen (secondary N) is 1. The van der Waals surface area contributed by atoms with Crippen molar-refractivity contribution in [3.05, 3.63) is 70.2 Å². The maximum absolute atomic E-state index is 12.3. The van der Waals surface area contributed by atoms with Gasteiger partial charge >= 0.3 is 0 Å². The minimum absolute atomic E-state index is 0.0712. The Kier molecular flexibility index (Phi) is 5.03. The van der Waals surface area contributed by atoms with Crippen LogP contribution in [0.2, 0.25) is 0 Å². The van der Waals surface area contributed by atoms with Crippen molar-refractivity contribution in [2.45, 2.75) is 0 Å². The molecule has 25 heavy (non-hydrogen) atoms. The molecule has 1 fully saturated rings. The third-order valence-electron chi connectivity index (χ3n) is 3.99. The van der Waals surface area contributed by atoms with Gasteiger partial charge in [0, 0.05) is 38.3 Å². The Labute approximate surface area is 144 Å². The molecule has 1 saturated heterocycles. The zero-order valence-corrected chi connectivity index (χ0v) is 13.6. The van der Waals surface area contributed by atoms with Crippen LogP contribution in [0.5, 0.6) is 0 Å². The molecule has 2 heterocycles. The number of rotatable bonds is 3. The van der Waals surface area contributed by atoms with E-state index < -0.39 is 0 Å². The molecule has 7 nitrogen and oxygen atoms in total. The molecule has 1 aliphatic heterocycles. The van der Waals surface area contributed by atoms with Crippen LogP contribution >= 0.6 is 0 Å². The first-order chi connectivity index (χ1) is 12.1. The molecule has 1 aliphatic rings. The first kappa shape index (κ1) is 16.6. The van der Waals surface area contributed by atoms with Crippen LogP contribution in [0.1, 0.15) is 16.1 Å². The van der Waals surface area contributed by atoms with Crippen LogP contribution in [0.25, 0.3) is 6.08 Å². The largest absolute Gasteiger partial charge is 0.336 e. The van der Waals surface area contributed by atoms with Gasteiger partial charge in [0.15, 0.2) is 0 Å². The Hall–Kier alpha value is -3.22. The highest BCUT2D eigenvalue weighted by atomic mass is 16.2. The molecule has 2 aromatic rings. The second-order valence-corrected chi connectivity index (χ2v) is 5.67. The molecule has 0 spiro atoms. The SMILES string of the molecule is O=C(/C=C/c1ccccc1)N1CCN(C(=O)c2ccc(=O)[nH]n2)CC1. The number of piperazine rings is 1. The molecule has 3 rings (SSSR count). The molecule has 7 heteroatoms. The predicted octanol–water partition coefficient (Wildman–Crippen LogP) is 0.768. The van der Waals surface area contributed by atoms with E-state index in [-0.39, 0.29) is 23.1 Å². The lowest BCUT2D eigenvalue weighted by Gasteiger charge is -2.34. The highest BCUT2D eigenvalue weighted by Gasteiger charge is 2.24. The van der Waals surface area contributed by atoms with Crippen molar-refractivity contribution in [3.8, 4) is 0 Å². The summed E-state index contributed by atoms with van der Waals surface area (Å²) < 4.78 is 0. The van der Waals surface area contributed by atoms with Gasteiger partial charge in [0.05, 0.1) is 0 Å². The average molecular weight is 338 g/mol. The van der Waals surface area contributed by atoms with Crippen molar-refractivity contribution in [2.24, 2.45) is 0 Å². The number of carbonyl (C=O) groups excluding carboxylic acids is 2. The number of carbonyl (C=O) groups is 2. The third kappa shape index (κ3) is 4.20. The number of hydrogen-bond acceptors (Lipinski definition) is 4. The van der Waals surface area contributed by atoms with Gasteiger partial charge in [-0.3, -0.25) is 14.4 Å². The lowest BCUT2D eigenvalue weighted by atomic mass is 10.2. The van der Waals surface area contributed by atoms with Crippen LogP contribution in [0.3, 0.4) is 0 Å². The van der Waals surface area contributed by atoms with Crippen molar-refractivity contribution >= 4 is 17.9 Å². The fourth-order valence-corrected chi connectivity index (χ4v) is 2.59. The van der Waals surface area contributed by atoms with Crippen LogP contribution < -0.4 is 5.56 Å². The van der Waals surface area contributed by atoms with Crippen molar-refractivity contribution in [1.29, 1.82) is 0 Å². The topological polar surface area (TPSA) is 86.4 Å². The quantitative estimate of drug-likeness (QED) is 0.838. The second kappa shape index (κ2) is 7.57. The summed E-state index contributed by atoms with van der Waals surface area (Å²) in [5.74, 6) is -0.318. The van der Waals surface area contributed by atoms with Gasteiger partial charge in [-0.15, -0.1) is 0 Å². The maximum Gasteiger partial charge on any atom is 0.274 e. The molecular formula is C18H18N4O3. The molecule has 2 amide bonds. The monoisotopic (exact) mass is 338 g/mol.